The predicted octanol–water partition coefficient (Wildman–Crippen LogP) is 28.3. The molecule has 11 heteroatoms. The molecule has 17 aromatic rings. The number of thiol groups is 1. The van der Waals surface area contributed by atoms with Gasteiger partial charge in [0.05, 0.1) is 44.4 Å². The Labute approximate surface area is 678 Å². The maximum Gasteiger partial charge on any atom is 0.416 e. The molecule has 3 aliphatic rings. The number of hydrogen-bond acceptors (Lipinski definition) is 4. The molecule has 0 bridgehead atoms. The summed E-state index contributed by atoms with van der Waals surface area (Å²) in [5.74, 6) is 0. The molecule has 0 saturated carbocycles. The van der Waals surface area contributed by atoms with Crippen LogP contribution in [0.1, 0.15) is 61.2 Å². The largest absolute Gasteiger partial charge is 0.416 e. The number of fused-ring (bicyclic) bond motifs is 9. The highest BCUT2D eigenvalue weighted by molar-refractivity contribution is 7.79. The zero-order valence-corrected chi connectivity index (χ0v) is 63.6. The van der Waals surface area contributed by atoms with Crippen LogP contribution in [0.2, 0.25) is 0 Å². The Morgan fingerprint density at radius 1 is 0.299 bits per heavy atom. The van der Waals surface area contributed by atoms with Crippen molar-refractivity contribution in [2.45, 2.75) is 23.2 Å². The summed E-state index contributed by atoms with van der Waals surface area (Å²) in [4.78, 5) is 1.69. The van der Waals surface area contributed by atoms with E-state index < -0.39 is 34.3 Å². The Morgan fingerprint density at radius 3 is 1.00 bits per heavy atom. The van der Waals surface area contributed by atoms with E-state index in [-0.39, 0.29) is 11.4 Å². The van der Waals surface area contributed by atoms with E-state index in [2.05, 4.69) is 313 Å². The van der Waals surface area contributed by atoms with E-state index in [0.717, 1.165) is 96.3 Å². The molecule has 0 saturated heterocycles. The molecule has 0 amide bonds. The van der Waals surface area contributed by atoms with Crippen molar-refractivity contribution in [2.75, 3.05) is 4.90 Å². The molecule has 0 fully saturated rings. The van der Waals surface area contributed by atoms with Crippen molar-refractivity contribution in [3.8, 4) is 83.6 Å². The Morgan fingerprint density at radius 2 is 0.607 bits per heavy atom. The number of nitrogens with zero attached hydrogens (tertiary/aromatic N) is 3. The van der Waals surface area contributed by atoms with Crippen LogP contribution in [-0.2, 0) is 23.2 Å². The van der Waals surface area contributed by atoms with Crippen LogP contribution >= 0.6 is 12.8 Å². The standard InChI is InChI=1S/C106H68F6N4S/c107-105(108,109)82-47-37-67(38-48-82)68-39-51-84(52-40-68)115(85-55-49-83(50-56-85)106(110,111)112)100-62-59-87(101(113)102(100)114-117)73-41-53-86(54-42-73)116-98-60-45-74(69-29-33-71(34-30-69)76-43-57-90-88-25-13-15-27-94(88)103(96(90)65-76,78-17-5-1-6-18-78)79-19-7-2-8-20-79)63-92(98)93-64-75(46-61-99(93)116)70-31-35-72(36-32-70)77-44-58-91-89-26-14-16-28-95(89)104(97(91)66-77,80-21-9-3-10-22-80)81-23-11-4-12-24-81/h1-66,113,117H. The summed E-state index contributed by atoms with van der Waals surface area (Å²) in [5.41, 5.74) is 27.4. The van der Waals surface area contributed by atoms with E-state index in [9.17, 15) is 31.8 Å². The van der Waals surface area contributed by atoms with Gasteiger partial charge < -0.3 is 9.47 Å². The maximum atomic E-state index is 14.1. The van der Waals surface area contributed by atoms with Gasteiger partial charge in [-0.05, 0) is 250 Å². The normalized spacial score (nSPS) is 14.2. The second-order valence-corrected chi connectivity index (χ2v) is 30.2. The minimum Gasteiger partial charge on any atom is -0.309 e. The van der Waals surface area contributed by atoms with Gasteiger partial charge in [0, 0.05) is 33.4 Å². The molecule has 0 unspecified atom stereocenters. The molecule has 1 heterocycles. The predicted molar refractivity (Wildman–Crippen MR) is 468 cm³/mol. The highest BCUT2D eigenvalue weighted by Crippen LogP contribution is 2.59. The van der Waals surface area contributed by atoms with Crippen molar-refractivity contribution in [3.05, 3.63) is 467 Å². The third-order valence-electron chi connectivity index (χ3n) is 23.8. The van der Waals surface area contributed by atoms with Gasteiger partial charge in [-0.25, -0.2) is 4.40 Å². The molecule has 1 aromatic heterocycles. The van der Waals surface area contributed by atoms with Gasteiger partial charge in [-0.15, -0.1) is 0 Å². The first-order valence-corrected chi connectivity index (χ1v) is 39.1. The van der Waals surface area contributed by atoms with E-state index in [1.54, 1.807) is 41.3 Å². The fourth-order valence-electron chi connectivity index (χ4n) is 18.4. The van der Waals surface area contributed by atoms with Crippen molar-refractivity contribution in [1.29, 1.82) is 5.41 Å². The molecule has 0 spiro atoms. The van der Waals surface area contributed by atoms with E-state index in [0.29, 0.717) is 39.3 Å². The lowest BCUT2D eigenvalue weighted by Gasteiger charge is -2.34. The van der Waals surface area contributed by atoms with Crippen LogP contribution in [-0.4, -0.2) is 16.0 Å². The Balaban J connectivity index is 0.670. The van der Waals surface area contributed by atoms with E-state index in [1.807, 2.05) is 24.3 Å². The number of halogens is 6. The van der Waals surface area contributed by atoms with Crippen molar-refractivity contribution in [3.63, 3.8) is 0 Å². The third kappa shape index (κ3) is 12.0. The Kier molecular flexibility index (Phi) is 17.5. The molecule has 560 valence electrons. The van der Waals surface area contributed by atoms with Gasteiger partial charge in [-0.3, -0.25) is 5.41 Å². The molecule has 16 aromatic carbocycles. The van der Waals surface area contributed by atoms with Gasteiger partial charge in [0.1, 0.15) is 5.71 Å². The molecule has 0 aliphatic heterocycles. The van der Waals surface area contributed by atoms with Crippen molar-refractivity contribution in [2.24, 2.45) is 4.40 Å². The summed E-state index contributed by atoms with van der Waals surface area (Å²) >= 11 is 4.44. The number of anilines is 2. The summed E-state index contributed by atoms with van der Waals surface area (Å²) in [6.45, 7) is 0. The number of aromatic nitrogens is 1. The average molecular weight is 1540 g/mol. The number of rotatable bonds is 14. The fourth-order valence-corrected chi connectivity index (χ4v) is 18.6. The smallest absolute Gasteiger partial charge is 0.309 e. The second-order valence-electron chi connectivity index (χ2n) is 30.0. The highest BCUT2D eigenvalue weighted by Gasteiger charge is 2.48. The van der Waals surface area contributed by atoms with Crippen LogP contribution in [0.5, 0.6) is 0 Å². The second kappa shape index (κ2) is 28.5. The number of hydrogen-bond donors (Lipinski definition) is 2. The first-order chi connectivity index (χ1) is 57.1. The van der Waals surface area contributed by atoms with Crippen LogP contribution < -0.4 is 4.90 Å². The molecule has 4 nitrogen and oxygen atoms in total. The lowest BCUT2D eigenvalue weighted by atomic mass is 9.67. The molecular weight excluding hydrogens is 1480 g/mol. The van der Waals surface area contributed by atoms with Crippen molar-refractivity contribution in [1.82, 2.24) is 4.57 Å². The van der Waals surface area contributed by atoms with Gasteiger partial charge >= 0.3 is 12.4 Å². The minimum absolute atomic E-state index is 0.0179. The molecule has 117 heavy (non-hydrogen) atoms. The Hall–Kier alpha value is -14.1. The molecule has 20 rings (SSSR count). The van der Waals surface area contributed by atoms with Gasteiger partial charge in [0.2, 0.25) is 0 Å². The van der Waals surface area contributed by atoms with Gasteiger partial charge in [0.15, 0.2) is 0 Å². The number of benzene rings is 16. The van der Waals surface area contributed by atoms with Crippen LogP contribution in [0.15, 0.2) is 410 Å². The van der Waals surface area contributed by atoms with Crippen molar-refractivity contribution < 1.29 is 26.3 Å². The molecular formula is C106H68F6N4S. The van der Waals surface area contributed by atoms with Gasteiger partial charge in [0.25, 0.3) is 0 Å². The number of allylic oxidation sites excluding steroid dienone is 4. The minimum atomic E-state index is -4.60. The zero-order valence-electron chi connectivity index (χ0n) is 62.7. The lowest BCUT2D eigenvalue weighted by molar-refractivity contribution is -0.138. The summed E-state index contributed by atoms with van der Waals surface area (Å²) in [6, 6.07) is 131. The molecule has 1 N–H and O–H groups in total. The summed E-state index contributed by atoms with van der Waals surface area (Å²) in [7, 11) is 0. The highest BCUT2D eigenvalue weighted by atomic mass is 32.1. The fraction of sp³-hybridized carbons (Fsp3) is 0.0377. The first kappa shape index (κ1) is 71.9. The quantitative estimate of drug-likeness (QED) is 0.0636. The average Bonchev–Trinajstić information content (AvgIpc) is 1.54. The maximum absolute atomic E-state index is 14.1. The van der Waals surface area contributed by atoms with E-state index in [1.165, 1.54) is 91.0 Å². The Bertz CT molecular complexity index is 6490. The summed E-state index contributed by atoms with van der Waals surface area (Å²) in [5, 5.41) is 11.9. The third-order valence-corrected chi connectivity index (χ3v) is 24.0. The van der Waals surface area contributed by atoms with Crippen LogP contribution in [0, 0.1) is 5.41 Å². The van der Waals surface area contributed by atoms with Gasteiger partial charge in [-0.2, -0.15) is 26.3 Å². The SMILES string of the molecule is N=C1C(c2ccc(-n3c4ccc(-c5ccc(-c6ccc7c(c6)C(c6ccccc6)(c6ccccc6)c6ccccc6-7)cc5)cc4c4cc(-c5ccc(-c6ccc7c(c6)C(c6ccccc6)(c6ccccc6)c6ccccc6-7)cc5)ccc43)cc2)=CC=C(N(c2ccc(-c3ccc(C(F)(F)F)cc3)cc2)c2ccc(C(F)(F)F)cc2)C1=NS. The topological polar surface area (TPSA) is 44.4 Å². The molecule has 3 aliphatic carbocycles. The first-order valence-electron chi connectivity index (χ1n) is 38.7. The van der Waals surface area contributed by atoms with E-state index >= 15 is 0 Å². The van der Waals surface area contributed by atoms with Crippen molar-refractivity contribution >= 4 is 63.0 Å². The number of alkyl halides is 6. The van der Waals surface area contributed by atoms with Gasteiger partial charge in [-0.1, -0.05) is 291 Å². The molecule has 0 radical (unpaired) electrons. The monoisotopic (exact) mass is 1540 g/mol. The molecule has 0 atom stereocenters. The van der Waals surface area contributed by atoms with Crippen LogP contribution in [0.3, 0.4) is 0 Å². The van der Waals surface area contributed by atoms with Crippen LogP contribution in [0.25, 0.3) is 111 Å². The lowest BCUT2D eigenvalue weighted by Crippen LogP contribution is -2.30. The number of nitrogens with one attached hydrogen (secondary N) is 1. The summed E-state index contributed by atoms with van der Waals surface area (Å²) in [6.07, 6.45) is -5.55. The van der Waals surface area contributed by atoms with E-state index in [4.69, 9.17) is 0 Å². The summed E-state index contributed by atoms with van der Waals surface area (Å²) < 4.78 is 89.5. The van der Waals surface area contributed by atoms with Crippen LogP contribution in [0.4, 0.5) is 37.7 Å². The zero-order chi connectivity index (χ0) is 79.3.